The van der Waals surface area contributed by atoms with Crippen molar-refractivity contribution in [2.24, 2.45) is 0 Å². The number of nitrogens with one attached hydrogen (secondary N) is 2. The highest BCUT2D eigenvalue weighted by atomic mass is 16.6. The predicted molar refractivity (Wildman–Crippen MR) is 170 cm³/mol. The lowest BCUT2D eigenvalue weighted by Crippen LogP contribution is -2.57. The van der Waals surface area contributed by atoms with Crippen molar-refractivity contribution in [3.05, 3.63) is 89.5 Å². The van der Waals surface area contributed by atoms with E-state index in [9.17, 15) is 29.1 Å². The number of para-hydroxylation sites is 1. The third-order valence-electron chi connectivity index (χ3n) is 8.20. The van der Waals surface area contributed by atoms with Gasteiger partial charge in [0.1, 0.15) is 36.2 Å². The highest BCUT2D eigenvalue weighted by Crippen LogP contribution is 2.39. The van der Waals surface area contributed by atoms with E-state index in [1.165, 1.54) is 12.0 Å². The standard InChI is InChI=1S/C35H37N3O9/c1-45-25-13-15-26(16-14-25)47-35(44)37-27-17-12-23-10-5-11-24-19-29(38(32(23)24)34(27)43)33(42)36-28(20-31(40)41)30(39)21-46-18-6-9-22-7-3-2-4-8-22/h2-5,7-8,10-11,13-16,27-29H,6,9,12,17-21H2,1H3,(H,36,42)(H,37,44)(H,40,41). The number of carbonyl (C=O) groups excluding carboxylic acids is 4. The molecule has 0 fully saturated rings. The number of aryl methyl sites for hydroxylation is 2. The Morgan fingerprint density at radius 1 is 0.957 bits per heavy atom. The second-order valence-electron chi connectivity index (χ2n) is 11.4. The normalized spacial score (nSPS) is 17.2. The number of aliphatic carboxylic acids is 1. The SMILES string of the molecule is COc1ccc(OC(=O)NC2CCc3cccc4c3N(C2=O)C(C(=O)NC(CC(=O)O)C(=O)COCCCc2ccccc2)C4)cc1. The number of ketones is 1. The van der Waals surface area contributed by atoms with Gasteiger partial charge >= 0.3 is 12.1 Å². The van der Waals surface area contributed by atoms with E-state index in [4.69, 9.17) is 14.2 Å². The van der Waals surface area contributed by atoms with Crippen LogP contribution in [0, 0.1) is 0 Å². The first-order valence-corrected chi connectivity index (χ1v) is 15.5. The summed E-state index contributed by atoms with van der Waals surface area (Å²) in [7, 11) is 1.52. The van der Waals surface area contributed by atoms with Crippen LogP contribution in [0.3, 0.4) is 0 Å². The van der Waals surface area contributed by atoms with Gasteiger partial charge in [-0.3, -0.25) is 24.1 Å². The molecule has 2 aliphatic heterocycles. The highest BCUT2D eigenvalue weighted by Gasteiger charge is 2.45. The Kier molecular flexibility index (Phi) is 10.8. The maximum absolute atomic E-state index is 13.9. The van der Waals surface area contributed by atoms with Gasteiger partial charge < -0.3 is 30.0 Å². The van der Waals surface area contributed by atoms with Crippen LogP contribution in [0.4, 0.5) is 10.5 Å². The number of anilines is 1. The van der Waals surface area contributed by atoms with Gasteiger partial charge in [-0.05, 0) is 66.6 Å². The van der Waals surface area contributed by atoms with Crippen molar-refractivity contribution in [1.82, 2.24) is 10.6 Å². The molecule has 0 aliphatic carbocycles. The molecule has 12 nitrogen and oxygen atoms in total. The topological polar surface area (TPSA) is 161 Å². The minimum absolute atomic E-state index is 0.160. The number of carboxylic acid groups (broad SMARTS) is 1. The maximum Gasteiger partial charge on any atom is 0.413 e. The van der Waals surface area contributed by atoms with E-state index in [-0.39, 0.29) is 31.8 Å². The van der Waals surface area contributed by atoms with Gasteiger partial charge in [0.2, 0.25) is 11.8 Å². The van der Waals surface area contributed by atoms with Crippen LogP contribution in [-0.2, 0) is 43.2 Å². The Bertz CT molecular complexity index is 1610. The van der Waals surface area contributed by atoms with Gasteiger partial charge in [-0.2, -0.15) is 0 Å². The molecule has 0 aromatic heterocycles. The molecule has 2 heterocycles. The molecule has 47 heavy (non-hydrogen) atoms. The Morgan fingerprint density at radius 3 is 2.40 bits per heavy atom. The van der Waals surface area contributed by atoms with Crippen LogP contribution >= 0.6 is 0 Å². The van der Waals surface area contributed by atoms with E-state index in [2.05, 4.69) is 10.6 Å². The third kappa shape index (κ3) is 8.33. The number of methoxy groups -OCH3 is 1. The van der Waals surface area contributed by atoms with E-state index >= 15 is 0 Å². The summed E-state index contributed by atoms with van der Waals surface area (Å²) in [6.45, 7) is -0.0837. The van der Waals surface area contributed by atoms with Gasteiger partial charge in [0.15, 0.2) is 5.78 Å². The van der Waals surface area contributed by atoms with Crippen molar-refractivity contribution >= 4 is 35.3 Å². The summed E-state index contributed by atoms with van der Waals surface area (Å²) in [5.41, 5.74) is 3.32. The molecule has 3 amide bonds. The van der Waals surface area contributed by atoms with E-state index in [0.29, 0.717) is 24.3 Å². The fourth-order valence-electron chi connectivity index (χ4n) is 5.88. The number of carbonyl (C=O) groups is 5. The number of benzene rings is 3. The number of ether oxygens (including phenoxy) is 3. The minimum atomic E-state index is -1.35. The number of hydrogen-bond acceptors (Lipinski definition) is 8. The first kappa shape index (κ1) is 33.1. The van der Waals surface area contributed by atoms with Crippen molar-refractivity contribution in [3.8, 4) is 11.5 Å². The zero-order chi connectivity index (χ0) is 33.3. The molecule has 5 rings (SSSR count). The maximum atomic E-state index is 13.9. The number of carboxylic acids is 1. The smallest absolute Gasteiger partial charge is 0.413 e. The molecule has 3 aromatic rings. The second-order valence-corrected chi connectivity index (χ2v) is 11.4. The van der Waals surface area contributed by atoms with Crippen molar-refractivity contribution in [3.63, 3.8) is 0 Å². The van der Waals surface area contributed by atoms with Gasteiger partial charge in [-0.1, -0.05) is 48.5 Å². The summed E-state index contributed by atoms with van der Waals surface area (Å²) in [4.78, 5) is 66.5. The van der Waals surface area contributed by atoms with Crippen LogP contribution in [0.5, 0.6) is 11.5 Å². The van der Waals surface area contributed by atoms with Crippen LogP contribution in [0.25, 0.3) is 0 Å². The van der Waals surface area contributed by atoms with Crippen molar-refractivity contribution < 1.29 is 43.3 Å². The summed E-state index contributed by atoms with van der Waals surface area (Å²) in [5.74, 6) is -2.20. The quantitative estimate of drug-likeness (QED) is 0.224. The Labute approximate surface area is 272 Å². The average molecular weight is 644 g/mol. The van der Waals surface area contributed by atoms with Crippen molar-refractivity contribution in [1.29, 1.82) is 0 Å². The van der Waals surface area contributed by atoms with Gasteiger partial charge in [0.25, 0.3) is 0 Å². The fourth-order valence-corrected chi connectivity index (χ4v) is 5.88. The third-order valence-corrected chi connectivity index (χ3v) is 8.20. The Balaban J connectivity index is 1.24. The molecule has 3 atom stereocenters. The molecule has 0 saturated carbocycles. The molecule has 2 aliphatic rings. The van der Waals surface area contributed by atoms with Crippen LogP contribution in [0.15, 0.2) is 72.8 Å². The van der Waals surface area contributed by atoms with E-state index < -0.39 is 54.2 Å². The lowest BCUT2D eigenvalue weighted by molar-refractivity contribution is -0.141. The van der Waals surface area contributed by atoms with Crippen molar-refractivity contribution in [2.45, 2.75) is 56.7 Å². The molecule has 246 valence electrons. The van der Waals surface area contributed by atoms with Crippen molar-refractivity contribution in [2.75, 3.05) is 25.2 Å². The number of rotatable bonds is 14. The molecule has 12 heteroatoms. The summed E-state index contributed by atoms with van der Waals surface area (Å²) in [6.07, 6.45) is 0.819. The molecular weight excluding hydrogens is 606 g/mol. The lowest BCUT2D eigenvalue weighted by Gasteiger charge is -2.28. The molecule has 3 aromatic carbocycles. The van der Waals surface area contributed by atoms with Crippen LogP contribution in [0.2, 0.25) is 0 Å². The Hall–Kier alpha value is -5.23. The monoisotopic (exact) mass is 643 g/mol. The van der Waals surface area contributed by atoms with E-state index in [0.717, 1.165) is 23.1 Å². The Morgan fingerprint density at radius 2 is 1.68 bits per heavy atom. The molecule has 0 spiro atoms. The summed E-state index contributed by atoms with van der Waals surface area (Å²) < 4.78 is 16.0. The minimum Gasteiger partial charge on any atom is -0.497 e. The first-order chi connectivity index (χ1) is 22.7. The fraction of sp³-hybridized carbons (Fsp3) is 0.343. The molecule has 3 N–H and O–H groups in total. The molecule has 3 unspecified atom stereocenters. The zero-order valence-electron chi connectivity index (χ0n) is 26.0. The van der Waals surface area contributed by atoms with E-state index in [1.54, 1.807) is 24.3 Å². The zero-order valence-corrected chi connectivity index (χ0v) is 26.0. The predicted octanol–water partition coefficient (Wildman–Crippen LogP) is 3.23. The van der Waals surface area contributed by atoms with Gasteiger partial charge in [0.05, 0.1) is 19.2 Å². The molecule has 0 bridgehead atoms. The lowest BCUT2D eigenvalue weighted by atomic mass is 10.0. The van der Waals surface area contributed by atoms with E-state index in [1.807, 2.05) is 48.5 Å². The number of amides is 3. The van der Waals surface area contributed by atoms with Crippen LogP contribution < -0.4 is 25.0 Å². The molecule has 0 saturated heterocycles. The largest absolute Gasteiger partial charge is 0.497 e. The number of Topliss-reactive ketones (excluding diaryl/α,β-unsaturated/α-hetero) is 1. The van der Waals surface area contributed by atoms with Gasteiger partial charge in [0, 0.05) is 13.0 Å². The second kappa shape index (κ2) is 15.4. The van der Waals surface area contributed by atoms with Gasteiger partial charge in [-0.25, -0.2) is 4.79 Å². The van der Waals surface area contributed by atoms with Crippen LogP contribution in [0.1, 0.15) is 36.0 Å². The average Bonchev–Trinajstić information content (AvgIpc) is 3.40. The summed E-state index contributed by atoms with van der Waals surface area (Å²) >= 11 is 0. The number of hydrogen-bond donors (Lipinski definition) is 3. The molecule has 0 radical (unpaired) electrons. The number of nitrogens with zero attached hydrogens (tertiary/aromatic N) is 1. The van der Waals surface area contributed by atoms with Gasteiger partial charge in [-0.15, -0.1) is 0 Å². The van der Waals surface area contributed by atoms with Crippen LogP contribution in [-0.4, -0.2) is 73.2 Å². The summed E-state index contributed by atoms with van der Waals surface area (Å²) in [6, 6.07) is 18.3. The summed E-state index contributed by atoms with van der Waals surface area (Å²) in [5, 5.41) is 14.7. The highest BCUT2D eigenvalue weighted by molar-refractivity contribution is 6.08. The first-order valence-electron chi connectivity index (χ1n) is 15.5. The molecular formula is C35H37N3O9.